The van der Waals surface area contributed by atoms with Gasteiger partial charge in [-0.1, -0.05) is 26.0 Å². The highest BCUT2D eigenvalue weighted by Crippen LogP contribution is 2.30. The van der Waals surface area contributed by atoms with E-state index in [4.69, 9.17) is 9.47 Å². The van der Waals surface area contributed by atoms with Gasteiger partial charge in [0, 0.05) is 13.6 Å². The summed E-state index contributed by atoms with van der Waals surface area (Å²) in [7, 11) is 1.78. The molecule has 1 aromatic carbocycles. The molecule has 0 amide bonds. The van der Waals surface area contributed by atoms with Crippen molar-refractivity contribution >= 4 is 29.9 Å². The Balaban J connectivity index is 0.00000264. The lowest BCUT2D eigenvalue weighted by Crippen LogP contribution is -2.45. The van der Waals surface area contributed by atoms with Gasteiger partial charge in [0.05, 0.1) is 6.54 Å². The summed E-state index contributed by atoms with van der Waals surface area (Å²) >= 11 is 0. The third-order valence-corrected chi connectivity index (χ3v) is 3.54. The lowest BCUT2D eigenvalue weighted by molar-refractivity contribution is 0.0936. The van der Waals surface area contributed by atoms with E-state index in [9.17, 15) is 0 Å². The Hall–Kier alpha value is -1.18. The summed E-state index contributed by atoms with van der Waals surface area (Å²) in [5.41, 5.74) is 0. The first-order valence-corrected chi connectivity index (χ1v) is 8.02. The SMILES string of the molecule is CN=C(NCCCC(C)C)NCC1COc2ccccc2O1.I. The Morgan fingerprint density at radius 3 is 2.70 bits per heavy atom. The number of hydrogen-bond acceptors (Lipinski definition) is 3. The van der Waals surface area contributed by atoms with Crippen LogP contribution in [0.3, 0.4) is 0 Å². The van der Waals surface area contributed by atoms with Gasteiger partial charge >= 0.3 is 0 Å². The lowest BCUT2D eigenvalue weighted by atomic mass is 10.1. The molecule has 1 aromatic rings. The number of rotatable bonds is 6. The molecule has 0 saturated carbocycles. The van der Waals surface area contributed by atoms with E-state index in [1.807, 2.05) is 24.3 Å². The second-order valence-corrected chi connectivity index (χ2v) is 5.91. The molecule has 1 aliphatic rings. The number of nitrogens with one attached hydrogen (secondary N) is 2. The molecule has 6 heteroatoms. The van der Waals surface area contributed by atoms with E-state index in [0.717, 1.165) is 36.3 Å². The molecule has 0 aliphatic carbocycles. The minimum Gasteiger partial charge on any atom is -0.486 e. The van der Waals surface area contributed by atoms with Gasteiger partial charge in [-0.2, -0.15) is 0 Å². The first kappa shape index (κ1) is 19.9. The third kappa shape index (κ3) is 6.85. The molecule has 23 heavy (non-hydrogen) atoms. The molecule has 1 unspecified atom stereocenters. The van der Waals surface area contributed by atoms with E-state index in [0.29, 0.717) is 13.2 Å². The topological polar surface area (TPSA) is 54.9 Å². The largest absolute Gasteiger partial charge is 0.486 e. The van der Waals surface area contributed by atoms with Crippen LogP contribution in [0.25, 0.3) is 0 Å². The second-order valence-electron chi connectivity index (χ2n) is 5.91. The summed E-state index contributed by atoms with van der Waals surface area (Å²) in [6.45, 7) is 6.63. The molecule has 0 spiro atoms. The molecule has 0 aromatic heterocycles. The van der Waals surface area contributed by atoms with E-state index in [2.05, 4.69) is 29.5 Å². The van der Waals surface area contributed by atoms with Crippen LogP contribution in [0, 0.1) is 5.92 Å². The molecule has 1 heterocycles. The molecule has 130 valence electrons. The molecule has 0 bridgehead atoms. The van der Waals surface area contributed by atoms with Crippen LogP contribution in [0.4, 0.5) is 0 Å². The van der Waals surface area contributed by atoms with Gasteiger partial charge < -0.3 is 20.1 Å². The van der Waals surface area contributed by atoms with Crippen molar-refractivity contribution in [1.29, 1.82) is 0 Å². The van der Waals surface area contributed by atoms with Gasteiger partial charge in [-0.25, -0.2) is 0 Å². The first-order valence-electron chi connectivity index (χ1n) is 8.02. The first-order chi connectivity index (χ1) is 10.7. The van der Waals surface area contributed by atoms with Crippen molar-refractivity contribution in [2.75, 3.05) is 26.7 Å². The average molecular weight is 433 g/mol. The Morgan fingerprint density at radius 2 is 2.00 bits per heavy atom. The van der Waals surface area contributed by atoms with Crippen molar-refractivity contribution in [3.63, 3.8) is 0 Å². The highest BCUT2D eigenvalue weighted by molar-refractivity contribution is 14.0. The minimum absolute atomic E-state index is 0. The number of para-hydroxylation sites is 2. The highest BCUT2D eigenvalue weighted by Gasteiger charge is 2.20. The van der Waals surface area contributed by atoms with Crippen molar-refractivity contribution < 1.29 is 9.47 Å². The van der Waals surface area contributed by atoms with Crippen LogP contribution < -0.4 is 20.1 Å². The lowest BCUT2D eigenvalue weighted by Gasteiger charge is -2.27. The van der Waals surface area contributed by atoms with Crippen LogP contribution in [-0.4, -0.2) is 38.8 Å². The summed E-state index contributed by atoms with van der Waals surface area (Å²) in [5.74, 6) is 3.17. The van der Waals surface area contributed by atoms with Crippen LogP contribution in [-0.2, 0) is 0 Å². The van der Waals surface area contributed by atoms with E-state index in [-0.39, 0.29) is 30.1 Å². The summed E-state index contributed by atoms with van der Waals surface area (Å²) in [5, 5.41) is 6.62. The molecular formula is C17H28IN3O2. The highest BCUT2D eigenvalue weighted by atomic mass is 127. The number of guanidine groups is 1. The Labute approximate surface area is 156 Å². The fourth-order valence-electron chi connectivity index (χ4n) is 2.31. The standard InChI is InChI=1S/C17H27N3O2.HI/c1-13(2)7-6-10-19-17(18-3)20-11-14-12-21-15-8-4-5-9-16(15)22-14;/h4-5,8-9,13-14H,6-7,10-12H2,1-3H3,(H2,18,19,20);1H. The number of halogens is 1. The average Bonchev–Trinajstić information content (AvgIpc) is 2.53. The number of nitrogens with zero attached hydrogens (tertiary/aromatic N) is 1. The van der Waals surface area contributed by atoms with Crippen molar-refractivity contribution in [1.82, 2.24) is 10.6 Å². The normalized spacial score (nSPS) is 16.7. The maximum atomic E-state index is 5.91. The van der Waals surface area contributed by atoms with Gasteiger partial charge in [-0.15, -0.1) is 24.0 Å². The molecule has 0 fully saturated rings. The van der Waals surface area contributed by atoms with Gasteiger partial charge in [0.1, 0.15) is 12.7 Å². The summed E-state index contributed by atoms with van der Waals surface area (Å²) in [4.78, 5) is 4.23. The van der Waals surface area contributed by atoms with Crippen molar-refractivity contribution in [2.45, 2.75) is 32.8 Å². The van der Waals surface area contributed by atoms with Crippen LogP contribution in [0.15, 0.2) is 29.3 Å². The minimum atomic E-state index is -0.0101. The van der Waals surface area contributed by atoms with Crippen LogP contribution in [0.2, 0.25) is 0 Å². The number of benzene rings is 1. The van der Waals surface area contributed by atoms with E-state index in [1.165, 1.54) is 6.42 Å². The molecule has 5 nitrogen and oxygen atoms in total. The van der Waals surface area contributed by atoms with Crippen molar-refractivity contribution in [3.8, 4) is 11.5 Å². The van der Waals surface area contributed by atoms with Crippen LogP contribution in [0.5, 0.6) is 11.5 Å². The molecule has 0 radical (unpaired) electrons. The smallest absolute Gasteiger partial charge is 0.191 e. The Bertz CT molecular complexity index is 494. The van der Waals surface area contributed by atoms with Gasteiger partial charge in [0.15, 0.2) is 17.5 Å². The van der Waals surface area contributed by atoms with Gasteiger partial charge in [0.25, 0.3) is 0 Å². The number of aliphatic imine (C=N–C) groups is 1. The number of fused-ring (bicyclic) bond motifs is 1. The zero-order valence-corrected chi connectivity index (χ0v) is 16.5. The molecular weight excluding hydrogens is 405 g/mol. The maximum absolute atomic E-state index is 5.91. The zero-order valence-electron chi connectivity index (χ0n) is 14.2. The molecule has 2 rings (SSSR count). The zero-order chi connectivity index (χ0) is 15.8. The predicted octanol–water partition coefficient (Wildman–Crippen LogP) is 3.05. The number of hydrogen-bond donors (Lipinski definition) is 2. The maximum Gasteiger partial charge on any atom is 0.191 e. The Kier molecular flexibility index (Phi) is 9.13. The van der Waals surface area contributed by atoms with Crippen LogP contribution in [0.1, 0.15) is 26.7 Å². The third-order valence-electron chi connectivity index (χ3n) is 3.54. The van der Waals surface area contributed by atoms with Gasteiger partial charge in [-0.05, 0) is 30.9 Å². The molecule has 0 saturated heterocycles. The predicted molar refractivity (Wildman–Crippen MR) is 105 cm³/mol. The Morgan fingerprint density at radius 1 is 1.26 bits per heavy atom. The molecule has 2 N–H and O–H groups in total. The fourth-order valence-corrected chi connectivity index (χ4v) is 2.31. The number of ether oxygens (including phenoxy) is 2. The van der Waals surface area contributed by atoms with E-state index in [1.54, 1.807) is 7.05 Å². The fraction of sp³-hybridized carbons (Fsp3) is 0.588. The quantitative estimate of drug-likeness (QED) is 0.314. The van der Waals surface area contributed by atoms with Crippen molar-refractivity contribution in [3.05, 3.63) is 24.3 Å². The van der Waals surface area contributed by atoms with Gasteiger partial charge in [-0.3, -0.25) is 4.99 Å². The molecule has 1 atom stereocenters. The van der Waals surface area contributed by atoms with Gasteiger partial charge in [0.2, 0.25) is 0 Å². The second kappa shape index (κ2) is 10.6. The van der Waals surface area contributed by atoms with E-state index >= 15 is 0 Å². The van der Waals surface area contributed by atoms with Crippen LogP contribution >= 0.6 is 24.0 Å². The summed E-state index contributed by atoms with van der Waals surface area (Å²) < 4.78 is 11.6. The van der Waals surface area contributed by atoms with E-state index < -0.39 is 0 Å². The summed E-state index contributed by atoms with van der Waals surface area (Å²) in [6, 6.07) is 7.76. The van der Waals surface area contributed by atoms with Crippen molar-refractivity contribution in [2.24, 2.45) is 10.9 Å². The monoisotopic (exact) mass is 433 g/mol. The molecule has 1 aliphatic heterocycles. The summed E-state index contributed by atoms with van der Waals surface area (Å²) in [6.07, 6.45) is 2.36.